The van der Waals surface area contributed by atoms with Crippen LogP contribution in [0.25, 0.3) is 0 Å². The molecule has 2 rings (SSSR count). The maximum absolute atomic E-state index is 11.5. The molecule has 2 aromatic carbocycles. The van der Waals surface area contributed by atoms with Crippen LogP contribution in [-0.4, -0.2) is 16.7 Å². The molecule has 0 bridgehead atoms. The van der Waals surface area contributed by atoms with E-state index in [-0.39, 0.29) is 0 Å². The highest BCUT2D eigenvalue weighted by Crippen LogP contribution is 2.21. The van der Waals surface area contributed by atoms with Crippen molar-refractivity contribution in [3.05, 3.63) is 60.2 Å². The second kappa shape index (κ2) is 5.55. The lowest BCUT2D eigenvalue weighted by molar-refractivity contribution is 0.687. The van der Waals surface area contributed by atoms with E-state index < -0.39 is 10.8 Å². The molecule has 2 nitrogen and oxygen atoms in total. The highest BCUT2D eigenvalue weighted by atomic mass is 32.2. The van der Waals surface area contributed by atoms with Crippen molar-refractivity contribution in [1.82, 2.24) is 0 Å². The fraction of sp³-hybridized carbons (Fsp3) is 0.0714. The molecule has 0 N–H and O–H groups in total. The van der Waals surface area contributed by atoms with Crippen molar-refractivity contribution in [3.63, 3.8) is 0 Å². The molecule has 0 saturated carbocycles. The number of nitrogens with zero attached hydrogens (tertiary/aromatic N) is 1. The fourth-order valence-corrected chi connectivity index (χ4v) is 2.18. The van der Waals surface area contributed by atoms with Crippen molar-refractivity contribution in [2.75, 3.05) is 6.26 Å². The van der Waals surface area contributed by atoms with Gasteiger partial charge in [-0.3, -0.25) is 9.20 Å². The summed E-state index contributed by atoms with van der Waals surface area (Å²) >= 11 is 0. The molecule has 0 aromatic heterocycles. The van der Waals surface area contributed by atoms with E-state index in [2.05, 4.69) is 4.99 Å². The summed E-state index contributed by atoms with van der Waals surface area (Å²) in [7, 11) is -1.01. The van der Waals surface area contributed by atoms with Gasteiger partial charge in [0.1, 0.15) is 0 Å². The lowest BCUT2D eigenvalue weighted by Crippen LogP contribution is -1.88. The number of rotatable bonds is 3. The summed E-state index contributed by atoms with van der Waals surface area (Å²) in [4.78, 5) is 5.14. The predicted octanol–water partition coefficient (Wildman–Crippen LogP) is 3.17. The van der Waals surface area contributed by atoms with E-state index >= 15 is 0 Å². The first kappa shape index (κ1) is 11.7. The molecule has 0 heterocycles. The molecule has 1 unspecified atom stereocenters. The third kappa shape index (κ3) is 3.11. The maximum atomic E-state index is 11.5. The largest absolute Gasteiger partial charge is 0.255 e. The first-order valence-electron chi connectivity index (χ1n) is 5.29. The van der Waals surface area contributed by atoms with E-state index in [0.717, 1.165) is 16.1 Å². The van der Waals surface area contributed by atoms with Gasteiger partial charge in [-0.2, -0.15) is 0 Å². The summed E-state index contributed by atoms with van der Waals surface area (Å²) in [5, 5.41) is 0. The van der Waals surface area contributed by atoms with E-state index in [0.29, 0.717) is 0 Å². The average Bonchev–Trinajstić information content (AvgIpc) is 2.38. The molecule has 3 heteroatoms. The van der Waals surface area contributed by atoms with E-state index in [1.54, 1.807) is 12.5 Å². The number of aliphatic imine (C=N–C) groups is 1. The van der Waals surface area contributed by atoms with Crippen molar-refractivity contribution < 1.29 is 4.21 Å². The average molecular weight is 243 g/mol. The molecule has 0 fully saturated rings. The van der Waals surface area contributed by atoms with E-state index in [4.69, 9.17) is 0 Å². The molecule has 0 aliphatic rings. The summed E-state index contributed by atoms with van der Waals surface area (Å²) in [6, 6.07) is 17.3. The molecule has 1 atom stereocenters. The van der Waals surface area contributed by atoms with Crippen molar-refractivity contribution in [2.45, 2.75) is 4.90 Å². The van der Waals surface area contributed by atoms with Crippen molar-refractivity contribution in [1.29, 1.82) is 0 Å². The van der Waals surface area contributed by atoms with Crippen LogP contribution in [0.1, 0.15) is 5.56 Å². The van der Waals surface area contributed by atoms with Crippen LogP contribution in [0.15, 0.2) is 64.5 Å². The number of hydrogen-bond acceptors (Lipinski definition) is 2. The predicted molar refractivity (Wildman–Crippen MR) is 72.5 cm³/mol. The molecule has 86 valence electrons. The Hall–Kier alpha value is -1.74. The van der Waals surface area contributed by atoms with Crippen LogP contribution in [0, 0.1) is 0 Å². The van der Waals surface area contributed by atoms with Crippen molar-refractivity contribution >= 4 is 22.7 Å². The molecular weight excluding hydrogens is 230 g/mol. The van der Waals surface area contributed by atoms with Gasteiger partial charge < -0.3 is 0 Å². The van der Waals surface area contributed by atoms with E-state index in [9.17, 15) is 4.21 Å². The molecule has 0 spiro atoms. The molecule has 0 amide bonds. The Morgan fingerprint density at radius 3 is 2.35 bits per heavy atom. The summed E-state index contributed by atoms with van der Waals surface area (Å²) in [6.45, 7) is 0. The highest BCUT2D eigenvalue weighted by Gasteiger charge is 2.02. The first-order valence-corrected chi connectivity index (χ1v) is 6.85. The molecule has 0 saturated heterocycles. The minimum Gasteiger partial charge on any atom is -0.255 e. The maximum Gasteiger partial charge on any atom is 0.0791 e. The van der Waals surface area contributed by atoms with Gasteiger partial charge in [0.15, 0.2) is 0 Å². The molecule has 0 radical (unpaired) electrons. The lowest BCUT2D eigenvalue weighted by atomic mass is 10.2. The van der Waals surface area contributed by atoms with Gasteiger partial charge in [0.2, 0.25) is 0 Å². The molecular formula is C14H13NOS. The zero-order chi connectivity index (χ0) is 12.1. The third-order valence-corrected chi connectivity index (χ3v) is 3.29. The SMILES string of the molecule is CS(=O)c1ccccc1N=Cc1ccccc1. The molecule has 0 aliphatic heterocycles. The molecule has 0 aliphatic carbocycles. The van der Waals surface area contributed by atoms with Gasteiger partial charge in [0.25, 0.3) is 0 Å². The van der Waals surface area contributed by atoms with Gasteiger partial charge in [-0.1, -0.05) is 42.5 Å². The third-order valence-electron chi connectivity index (χ3n) is 2.33. The molecule has 2 aromatic rings. The minimum absolute atomic E-state index is 0.761. The van der Waals surface area contributed by atoms with Crippen LogP contribution >= 0.6 is 0 Å². The Morgan fingerprint density at radius 1 is 1.00 bits per heavy atom. The number of hydrogen-bond donors (Lipinski definition) is 0. The van der Waals surface area contributed by atoms with Crippen LogP contribution in [0.3, 0.4) is 0 Å². The Morgan fingerprint density at radius 2 is 1.65 bits per heavy atom. The minimum atomic E-state index is -1.01. The van der Waals surface area contributed by atoms with E-state index in [1.165, 1.54) is 0 Å². The van der Waals surface area contributed by atoms with Gasteiger partial charge >= 0.3 is 0 Å². The normalized spacial score (nSPS) is 12.8. The number of para-hydroxylation sites is 1. The van der Waals surface area contributed by atoms with Crippen LogP contribution in [0.4, 0.5) is 5.69 Å². The summed E-state index contributed by atoms with van der Waals surface area (Å²) in [5.41, 5.74) is 1.79. The Kier molecular flexibility index (Phi) is 3.83. The summed E-state index contributed by atoms with van der Waals surface area (Å²) < 4.78 is 11.5. The van der Waals surface area contributed by atoms with Gasteiger partial charge in [-0.15, -0.1) is 0 Å². The summed E-state index contributed by atoms with van der Waals surface area (Å²) in [5.74, 6) is 0. The van der Waals surface area contributed by atoms with Crippen molar-refractivity contribution in [2.24, 2.45) is 4.99 Å². The quantitative estimate of drug-likeness (QED) is 0.761. The zero-order valence-electron chi connectivity index (χ0n) is 9.54. The van der Waals surface area contributed by atoms with Gasteiger partial charge in [0, 0.05) is 12.5 Å². The second-order valence-corrected chi connectivity index (χ2v) is 4.94. The van der Waals surface area contributed by atoms with Gasteiger partial charge in [0.05, 0.1) is 21.4 Å². The lowest BCUT2D eigenvalue weighted by Gasteiger charge is -2.00. The second-order valence-electron chi connectivity index (χ2n) is 3.59. The Balaban J connectivity index is 2.30. The smallest absolute Gasteiger partial charge is 0.0791 e. The number of benzene rings is 2. The Bertz CT molecular complexity index is 549. The topological polar surface area (TPSA) is 29.4 Å². The van der Waals surface area contributed by atoms with Crippen LogP contribution in [0.2, 0.25) is 0 Å². The highest BCUT2D eigenvalue weighted by molar-refractivity contribution is 7.84. The zero-order valence-corrected chi connectivity index (χ0v) is 10.4. The van der Waals surface area contributed by atoms with Crippen molar-refractivity contribution in [3.8, 4) is 0 Å². The standard InChI is InChI=1S/C14H13NOS/c1-17(16)14-10-6-5-9-13(14)15-11-12-7-3-2-4-8-12/h2-11H,1H3. The van der Waals surface area contributed by atoms with Crippen LogP contribution in [-0.2, 0) is 10.8 Å². The monoisotopic (exact) mass is 243 g/mol. The van der Waals surface area contributed by atoms with E-state index in [1.807, 2.05) is 54.6 Å². The summed E-state index contributed by atoms with van der Waals surface area (Å²) in [6.07, 6.45) is 3.45. The first-order chi connectivity index (χ1) is 8.27. The van der Waals surface area contributed by atoms with Gasteiger partial charge in [-0.25, -0.2) is 0 Å². The fourth-order valence-electron chi connectivity index (χ4n) is 1.49. The Labute approximate surface area is 103 Å². The molecule has 17 heavy (non-hydrogen) atoms. The van der Waals surface area contributed by atoms with Gasteiger partial charge in [-0.05, 0) is 17.7 Å². The van der Waals surface area contributed by atoms with Crippen LogP contribution < -0.4 is 0 Å². The van der Waals surface area contributed by atoms with Crippen LogP contribution in [0.5, 0.6) is 0 Å².